The lowest BCUT2D eigenvalue weighted by molar-refractivity contribution is -0.0530. The van der Waals surface area contributed by atoms with Crippen molar-refractivity contribution in [2.24, 2.45) is 0 Å². The number of aromatic nitrogens is 6. The molecule has 2 aliphatic heterocycles. The molecule has 1 saturated heterocycles. The maximum Gasteiger partial charge on any atom is 0.219 e. The van der Waals surface area contributed by atoms with Crippen molar-refractivity contribution in [3.63, 3.8) is 0 Å². The molecule has 0 aliphatic carbocycles. The van der Waals surface area contributed by atoms with Gasteiger partial charge in [0.1, 0.15) is 11.4 Å². The fourth-order valence-corrected chi connectivity index (χ4v) is 3.85. The minimum atomic E-state index is -0.453. The van der Waals surface area contributed by atoms with Crippen LogP contribution in [-0.2, 0) is 16.9 Å². The van der Waals surface area contributed by atoms with Crippen molar-refractivity contribution in [3.8, 4) is 24.2 Å². The predicted molar refractivity (Wildman–Crippen MR) is 111 cm³/mol. The number of nitrogens with two attached hydrogens (primary N) is 1. The quantitative estimate of drug-likeness (QED) is 0.660. The average molecular weight is 392 g/mol. The minimum absolute atomic E-state index is 0.236. The largest absolute Gasteiger partial charge is 0.368 e. The van der Waals surface area contributed by atoms with Gasteiger partial charge in [-0.3, -0.25) is 0 Å². The summed E-state index contributed by atoms with van der Waals surface area (Å²) in [5.74, 6) is 2.60. The number of nitrogen functional groups attached to an aromatic ring is 1. The summed E-state index contributed by atoms with van der Waals surface area (Å²) in [7, 11) is 0. The normalized spacial score (nSPS) is 17.6. The van der Waals surface area contributed by atoms with Crippen LogP contribution in [0.4, 0.5) is 11.8 Å². The fraction of sp³-hybridized carbons (Fsp3) is 0.450. The second kappa shape index (κ2) is 7.29. The Morgan fingerprint density at radius 3 is 2.41 bits per heavy atom. The topological polar surface area (TPSA) is 108 Å². The SMILES string of the molecule is C#C.CC1(C)OCCn2c1nc1c(N3CCCC3)nc(-c3cnc(N)nc3)nc12. The molecule has 150 valence electrons. The molecule has 29 heavy (non-hydrogen) atoms. The Bertz CT molecular complexity index is 1050. The molecule has 0 spiro atoms. The number of rotatable bonds is 2. The minimum Gasteiger partial charge on any atom is -0.368 e. The molecule has 0 bridgehead atoms. The van der Waals surface area contributed by atoms with E-state index in [1.165, 1.54) is 0 Å². The molecule has 1 fully saturated rings. The molecular formula is C20H24N8O. The van der Waals surface area contributed by atoms with Crippen LogP contribution < -0.4 is 10.6 Å². The second-order valence-electron chi connectivity index (χ2n) is 7.51. The van der Waals surface area contributed by atoms with Crippen LogP contribution in [0.25, 0.3) is 22.6 Å². The van der Waals surface area contributed by atoms with Crippen molar-refractivity contribution in [2.75, 3.05) is 30.3 Å². The van der Waals surface area contributed by atoms with Crippen LogP contribution in [0.1, 0.15) is 32.5 Å². The van der Waals surface area contributed by atoms with Crippen molar-refractivity contribution >= 4 is 22.9 Å². The Balaban J connectivity index is 0.000000994. The monoisotopic (exact) mass is 392 g/mol. The molecule has 0 amide bonds. The van der Waals surface area contributed by atoms with Gasteiger partial charge in [0, 0.05) is 32.0 Å². The highest BCUT2D eigenvalue weighted by atomic mass is 16.5. The predicted octanol–water partition coefficient (Wildman–Crippen LogP) is 1.98. The fourth-order valence-electron chi connectivity index (χ4n) is 3.85. The van der Waals surface area contributed by atoms with Crippen molar-refractivity contribution in [2.45, 2.75) is 38.8 Å². The summed E-state index contributed by atoms with van der Waals surface area (Å²) in [6.45, 7) is 7.40. The Labute approximate surface area is 169 Å². The van der Waals surface area contributed by atoms with Gasteiger partial charge in [0.05, 0.1) is 12.2 Å². The van der Waals surface area contributed by atoms with Crippen LogP contribution in [0.5, 0.6) is 0 Å². The van der Waals surface area contributed by atoms with E-state index in [0.29, 0.717) is 12.4 Å². The van der Waals surface area contributed by atoms with E-state index in [1.807, 2.05) is 13.8 Å². The lowest BCUT2D eigenvalue weighted by Crippen LogP contribution is -2.33. The maximum atomic E-state index is 5.94. The van der Waals surface area contributed by atoms with Gasteiger partial charge in [0.25, 0.3) is 0 Å². The first-order valence-corrected chi connectivity index (χ1v) is 9.62. The first kappa shape index (κ1) is 19.1. The molecule has 0 saturated carbocycles. The van der Waals surface area contributed by atoms with Gasteiger partial charge >= 0.3 is 0 Å². The highest BCUT2D eigenvalue weighted by Gasteiger charge is 2.34. The Morgan fingerprint density at radius 2 is 1.72 bits per heavy atom. The highest BCUT2D eigenvalue weighted by Crippen LogP contribution is 2.35. The standard InChI is InChI=1S/C18H22N8O.C2H2/c1-18(2)16-22-12-14(25-5-3-4-6-25)23-13(11-9-20-17(19)21-10-11)24-15(12)26(16)7-8-27-18;1-2/h9-10H,3-8H2,1-2H3,(H2,19,20,21);1-2H. The van der Waals surface area contributed by atoms with Crippen LogP contribution in [0.3, 0.4) is 0 Å². The zero-order chi connectivity index (χ0) is 20.6. The maximum absolute atomic E-state index is 5.94. The van der Waals surface area contributed by atoms with E-state index in [-0.39, 0.29) is 5.95 Å². The molecule has 2 N–H and O–H groups in total. The number of ether oxygens (including phenoxy) is 1. The number of terminal acetylenes is 1. The van der Waals surface area contributed by atoms with Crippen molar-refractivity contribution < 1.29 is 4.74 Å². The smallest absolute Gasteiger partial charge is 0.219 e. The number of hydrogen-bond acceptors (Lipinski definition) is 8. The third-order valence-electron chi connectivity index (χ3n) is 5.23. The molecule has 9 nitrogen and oxygen atoms in total. The summed E-state index contributed by atoms with van der Waals surface area (Å²) in [5, 5.41) is 0. The van der Waals surface area contributed by atoms with E-state index in [0.717, 1.165) is 60.8 Å². The van der Waals surface area contributed by atoms with Gasteiger partial charge in [-0.05, 0) is 26.7 Å². The number of hydrogen-bond donors (Lipinski definition) is 1. The lowest BCUT2D eigenvalue weighted by Gasteiger charge is -2.30. The molecule has 5 heterocycles. The lowest BCUT2D eigenvalue weighted by atomic mass is 10.1. The third kappa shape index (κ3) is 3.25. The number of fused-ring (bicyclic) bond motifs is 3. The van der Waals surface area contributed by atoms with E-state index < -0.39 is 5.60 Å². The zero-order valence-electron chi connectivity index (χ0n) is 16.7. The molecule has 2 aliphatic rings. The van der Waals surface area contributed by atoms with E-state index >= 15 is 0 Å². The Morgan fingerprint density at radius 1 is 1.03 bits per heavy atom. The molecular weight excluding hydrogens is 368 g/mol. The van der Waals surface area contributed by atoms with Crippen LogP contribution in [-0.4, -0.2) is 49.2 Å². The molecule has 3 aromatic rings. The summed E-state index contributed by atoms with van der Waals surface area (Å²) < 4.78 is 8.09. The summed E-state index contributed by atoms with van der Waals surface area (Å²) in [4.78, 5) is 25.1. The molecule has 0 radical (unpaired) electrons. The van der Waals surface area contributed by atoms with Gasteiger partial charge in [-0.15, -0.1) is 12.8 Å². The van der Waals surface area contributed by atoms with Gasteiger partial charge in [0.2, 0.25) is 5.95 Å². The van der Waals surface area contributed by atoms with E-state index in [1.54, 1.807) is 12.4 Å². The van der Waals surface area contributed by atoms with E-state index in [9.17, 15) is 0 Å². The highest BCUT2D eigenvalue weighted by molar-refractivity contribution is 5.86. The first-order valence-electron chi connectivity index (χ1n) is 9.62. The van der Waals surface area contributed by atoms with E-state index in [2.05, 4.69) is 32.3 Å². The van der Waals surface area contributed by atoms with Gasteiger partial charge in [-0.2, -0.15) is 0 Å². The Kier molecular flexibility index (Phi) is 4.80. The van der Waals surface area contributed by atoms with Crippen LogP contribution in [0.15, 0.2) is 12.4 Å². The van der Waals surface area contributed by atoms with Crippen molar-refractivity contribution in [1.82, 2.24) is 29.5 Å². The molecule has 9 heteroatoms. The van der Waals surface area contributed by atoms with Crippen molar-refractivity contribution in [3.05, 3.63) is 18.2 Å². The van der Waals surface area contributed by atoms with Gasteiger partial charge < -0.3 is 19.9 Å². The average Bonchev–Trinajstić information content (AvgIpc) is 3.38. The van der Waals surface area contributed by atoms with Crippen LogP contribution >= 0.6 is 0 Å². The van der Waals surface area contributed by atoms with Crippen molar-refractivity contribution in [1.29, 1.82) is 0 Å². The van der Waals surface area contributed by atoms with Gasteiger partial charge in [-0.1, -0.05) is 0 Å². The van der Waals surface area contributed by atoms with E-state index in [4.69, 9.17) is 25.4 Å². The third-order valence-corrected chi connectivity index (χ3v) is 5.23. The van der Waals surface area contributed by atoms with Gasteiger partial charge in [0.15, 0.2) is 22.8 Å². The second-order valence-corrected chi connectivity index (χ2v) is 7.51. The molecule has 0 aromatic carbocycles. The number of imidazole rings is 1. The van der Waals surface area contributed by atoms with Crippen LogP contribution in [0, 0.1) is 12.8 Å². The molecule has 0 atom stereocenters. The Hall–Kier alpha value is -3.25. The van der Waals surface area contributed by atoms with Gasteiger partial charge in [-0.25, -0.2) is 24.9 Å². The summed E-state index contributed by atoms with van der Waals surface area (Å²) >= 11 is 0. The summed E-state index contributed by atoms with van der Waals surface area (Å²) in [6, 6.07) is 0. The summed E-state index contributed by atoms with van der Waals surface area (Å²) in [5.41, 5.74) is 7.60. The number of anilines is 2. The molecule has 0 unspecified atom stereocenters. The first-order chi connectivity index (χ1) is 14.0. The van der Waals surface area contributed by atoms with Crippen LogP contribution in [0.2, 0.25) is 0 Å². The zero-order valence-corrected chi connectivity index (χ0v) is 16.7. The summed E-state index contributed by atoms with van der Waals surface area (Å²) in [6.07, 6.45) is 13.7. The molecule has 5 rings (SSSR count). The number of nitrogens with zero attached hydrogens (tertiary/aromatic N) is 7. The molecule has 3 aromatic heterocycles.